The normalized spacial score (nSPS) is 23.3. The lowest BCUT2D eigenvalue weighted by atomic mass is 9.94. The SMILES string of the molecule is O=C1NCCC(O)C1C(=O)NCc1ccncc1. The third-order valence-electron chi connectivity index (χ3n) is 2.91. The van der Waals surface area contributed by atoms with Crippen molar-refractivity contribution in [2.24, 2.45) is 5.92 Å². The fourth-order valence-corrected chi connectivity index (χ4v) is 1.89. The number of hydrogen-bond donors (Lipinski definition) is 3. The molecular formula is C12H15N3O3. The fraction of sp³-hybridized carbons (Fsp3) is 0.417. The number of carbonyl (C=O) groups is 2. The Balaban J connectivity index is 1.93. The van der Waals surface area contributed by atoms with Crippen molar-refractivity contribution in [1.29, 1.82) is 0 Å². The second-order valence-electron chi connectivity index (χ2n) is 4.20. The Morgan fingerprint density at radius 3 is 2.89 bits per heavy atom. The van der Waals surface area contributed by atoms with E-state index in [9.17, 15) is 14.7 Å². The lowest BCUT2D eigenvalue weighted by Gasteiger charge is -2.26. The standard InChI is InChI=1S/C12H15N3O3/c16-9-3-6-14-11(17)10(9)12(18)15-7-8-1-4-13-5-2-8/h1-2,4-5,9-10,16H,3,6-7H2,(H,14,17)(H,15,18). The summed E-state index contributed by atoms with van der Waals surface area (Å²) < 4.78 is 0. The molecule has 6 nitrogen and oxygen atoms in total. The molecule has 96 valence electrons. The van der Waals surface area contributed by atoms with Crippen molar-refractivity contribution in [1.82, 2.24) is 15.6 Å². The molecule has 1 fully saturated rings. The van der Waals surface area contributed by atoms with Gasteiger partial charge in [-0.15, -0.1) is 0 Å². The molecule has 0 bridgehead atoms. The van der Waals surface area contributed by atoms with E-state index >= 15 is 0 Å². The van der Waals surface area contributed by atoms with E-state index < -0.39 is 23.8 Å². The Morgan fingerprint density at radius 2 is 2.22 bits per heavy atom. The molecule has 0 spiro atoms. The number of aliphatic hydroxyl groups is 1. The molecule has 1 aromatic rings. The smallest absolute Gasteiger partial charge is 0.235 e. The Morgan fingerprint density at radius 1 is 1.50 bits per heavy atom. The molecule has 2 unspecified atom stereocenters. The molecule has 2 rings (SSSR count). The van der Waals surface area contributed by atoms with E-state index in [1.807, 2.05) is 0 Å². The van der Waals surface area contributed by atoms with Gasteiger partial charge in [0.25, 0.3) is 0 Å². The Bertz CT molecular complexity index is 435. The van der Waals surface area contributed by atoms with Crippen molar-refractivity contribution in [3.8, 4) is 0 Å². The first-order chi connectivity index (χ1) is 8.68. The van der Waals surface area contributed by atoms with Gasteiger partial charge in [-0.25, -0.2) is 0 Å². The Labute approximate surface area is 104 Å². The van der Waals surface area contributed by atoms with Crippen LogP contribution in [0.5, 0.6) is 0 Å². The molecule has 0 aromatic carbocycles. The fourth-order valence-electron chi connectivity index (χ4n) is 1.89. The van der Waals surface area contributed by atoms with Crippen LogP contribution in [0.25, 0.3) is 0 Å². The average molecular weight is 249 g/mol. The molecule has 1 aliphatic heterocycles. The zero-order chi connectivity index (χ0) is 13.0. The van der Waals surface area contributed by atoms with Crippen LogP contribution in [0.3, 0.4) is 0 Å². The predicted octanol–water partition coefficient (Wildman–Crippen LogP) is -0.805. The molecule has 2 amide bonds. The third kappa shape index (κ3) is 2.84. The number of carbonyl (C=O) groups excluding carboxylic acids is 2. The van der Waals surface area contributed by atoms with Crippen LogP contribution in [-0.4, -0.2) is 34.6 Å². The summed E-state index contributed by atoms with van der Waals surface area (Å²) in [4.78, 5) is 27.2. The Kier molecular flexibility index (Phi) is 3.88. The van der Waals surface area contributed by atoms with Crippen LogP contribution in [0.2, 0.25) is 0 Å². The first-order valence-corrected chi connectivity index (χ1v) is 5.81. The summed E-state index contributed by atoms with van der Waals surface area (Å²) in [6.45, 7) is 0.728. The molecule has 0 radical (unpaired) electrons. The van der Waals surface area contributed by atoms with Crippen molar-refractivity contribution in [2.75, 3.05) is 6.54 Å². The van der Waals surface area contributed by atoms with Crippen LogP contribution in [-0.2, 0) is 16.1 Å². The summed E-state index contributed by atoms with van der Waals surface area (Å²) in [7, 11) is 0. The van der Waals surface area contributed by atoms with Crippen molar-refractivity contribution in [3.63, 3.8) is 0 Å². The van der Waals surface area contributed by atoms with Gasteiger partial charge in [0.05, 0.1) is 6.10 Å². The molecular weight excluding hydrogens is 234 g/mol. The minimum absolute atomic E-state index is 0.317. The minimum Gasteiger partial charge on any atom is -0.392 e. The summed E-state index contributed by atoms with van der Waals surface area (Å²) in [6.07, 6.45) is 2.75. The van der Waals surface area contributed by atoms with E-state index in [1.54, 1.807) is 24.5 Å². The number of piperidine rings is 1. The number of pyridine rings is 1. The molecule has 3 N–H and O–H groups in total. The van der Waals surface area contributed by atoms with Gasteiger partial charge in [-0.3, -0.25) is 14.6 Å². The molecule has 1 aromatic heterocycles. The van der Waals surface area contributed by atoms with Gasteiger partial charge in [0.15, 0.2) is 0 Å². The van der Waals surface area contributed by atoms with Gasteiger partial charge < -0.3 is 15.7 Å². The van der Waals surface area contributed by atoms with Crippen LogP contribution in [0.1, 0.15) is 12.0 Å². The lowest BCUT2D eigenvalue weighted by Crippen LogP contribution is -2.51. The highest BCUT2D eigenvalue weighted by atomic mass is 16.3. The quantitative estimate of drug-likeness (QED) is 0.611. The van der Waals surface area contributed by atoms with Gasteiger partial charge in [-0.1, -0.05) is 0 Å². The molecule has 1 aliphatic rings. The van der Waals surface area contributed by atoms with E-state index in [0.29, 0.717) is 19.5 Å². The number of nitrogens with zero attached hydrogens (tertiary/aromatic N) is 1. The first-order valence-electron chi connectivity index (χ1n) is 5.81. The molecule has 1 saturated heterocycles. The van der Waals surface area contributed by atoms with E-state index in [4.69, 9.17) is 0 Å². The van der Waals surface area contributed by atoms with Crippen LogP contribution < -0.4 is 10.6 Å². The highest BCUT2D eigenvalue weighted by Gasteiger charge is 2.36. The number of amides is 2. The third-order valence-corrected chi connectivity index (χ3v) is 2.91. The Hall–Kier alpha value is -1.95. The van der Waals surface area contributed by atoms with Gasteiger partial charge in [-0.2, -0.15) is 0 Å². The molecule has 18 heavy (non-hydrogen) atoms. The lowest BCUT2D eigenvalue weighted by molar-refractivity contribution is -0.142. The number of rotatable bonds is 3. The molecule has 0 aliphatic carbocycles. The first kappa shape index (κ1) is 12.5. The number of aliphatic hydroxyl groups excluding tert-OH is 1. The molecule has 0 saturated carbocycles. The zero-order valence-corrected chi connectivity index (χ0v) is 9.80. The van der Waals surface area contributed by atoms with Crippen molar-refractivity contribution in [3.05, 3.63) is 30.1 Å². The molecule has 2 atom stereocenters. The van der Waals surface area contributed by atoms with Crippen molar-refractivity contribution in [2.45, 2.75) is 19.1 Å². The van der Waals surface area contributed by atoms with E-state index in [1.165, 1.54) is 0 Å². The molecule has 6 heteroatoms. The molecule has 2 heterocycles. The minimum atomic E-state index is -1.01. The highest BCUT2D eigenvalue weighted by molar-refractivity contribution is 6.01. The monoisotopic (exact) mass is 249 g/mol. The summed E-state index contributed by atoms with van der Waals surface area (Å²) in [5.74, 6) is -1.88. The second-order valence-corrected chi connectivity index (χ2v) is 4.20. The summed E-state index contributed by atoms with van der Waals surface area (Å²) in [5, 5.41) is 14.9. The van der Waals surface area contributed by atoms with Crippen LogP contribution in [0, 0.1) is 5.92 Å². The summed E-state index contributed by atoms with van der Waals surface area (Å²) in [6, 6.07) is 3.55. The van der Waals surface area contributed by atoms with Crippen molar-refractivity contribution < 1.29 is 14.7 Å². The topological polar surface area (TPSA) is 91.3 Å². The van der Waals surface area contributed by atoms with E-state index in [-0.39, 0.29) is 0 Å². The van der Waals surface area contributed by atoms with Gasteiger partial charge in [-0.05, 0) is 24.1 Å². The van der Waals surface area contributed by atoms with Crippen LogP contribution >= 0.6 is 0 Å². The van der Waals surface area contributed by atoms with Gasteiger partial charge >= 0.3 is 0 Å². The van der Waals surface area contributed by atoms with Crippen LogP contribution in [0.15, 0.2) is 24.5 Å². The summed E-state index contributed by atoms with van der Waals surface area (Å²) in [5.41, 5.74) is 0.893. The maximum absolute atomic E-state index is 11.8. The van der Waals surface area contributed by atoms with Crippen molar-refractivity contribution >= 4 is 11.8 Å². The van der Waals surface area contributed by atoms with Gasteiger partial charge in [0.1, 0.15) is 5.92 Å². The predicted molar refractivity (Wildman–Crippen MR) is 63.2 cm³/mol. The van der Waals surface area contributed by atoms with Crippen LogP contribution in [0.4, 0.5) is 0 Å². The van der Waals surface area contributed by atoms with E-state index in [0.717, 1.165) is 5.56 Å². The average Bonchev–Trinajstić information content (AvgIpc) is 2.37. The second kappa shape index (κ2) is 5.59. The number of aromatic nitrogens is 1. The summed E-state index contributed by atoms with van der Waals surface area (Å²) >= 11 is 0. The van der Waals surface area contributed by atoms with Gasteiger partial charge in [0.2, 0.25) is 11.8 Å². The maximum atomic E-state index is 11.8. The largest absolute Gasteiger partial charge is 0.392 e. The maximum Gasteiger partial charge on any atom is 0.235 e. The van der Waals surface area contributed by atoms with E-state index in [2.05, 4.69) is 15.6 Å². The van der Waals surface area contributed by atoms with Gasteiger partial charge in [0, 0.05) is 25.5 Å². The highest BCUT2D eigenvalue weighted by Crippen LogP contribution is 2.12. The number of nitrogens with one attached hydrogen (secondary N) is 2. The number of hydrogen-bond acceptors (Lipinski definition) is 4. The zero-order valence-electron chi connectivity index (χ0n) is 9.80.